The molecule has 0 amide bonds. The average molecular weight is 620 g/mol. The molecule has 7 nitrogen and oxygen atoms in total. The molecule has 0 N–H and O–H groups in total. The van der Waals surface area contributed by atoms with Gasteiger partial charge in [0.2, 0.25) is 0 Å². The van der Waals surface area contributed by atoms with Gasteiger partial charge < -0.3 is 14.2 Å². The van der Waals surface area contributed by atoms with Gasteiger partial charge in [-0.15, -0.1) is 0 Å². The molecule has 10 heteroatoms. The maximum absolute atomic E-state index is 13.9. The van der Waals surface area contributed by atoms with Gasteiger partial charge in [-0.1, -0.05) is 42.3 Å². The van der Waals surface area contributed by atoms with Crippen molar-refractivity contribution >= 4 is 50.9 Å². The third-order valence-electron chi connectivity index (χ3n) is 5.93. The van der Waals surface area contributed by atoms with Crippen LogP contribution in [0.15, 0.2) is 61.9 Å². The normalized spacial score (nSPS) is 15.2. The summed E-state index contributed by atoms with van der Waals surface area (Å²) < 4.78 is 19.5. The lowest BCUT2D eigenvalue weighted by atomic mass is 9.93. The van der Waals surface area contributed by atoms with Gasteiger partial charge in [-0.05, 0) is 78.2 Å². The van der Waals surface area contributed by atoms with Gasteiger partial charge in [0.15, 0.2) is 4.80 Å². The number of ether oxygens (including phenoxy) is 3. The van der Waals surface area contributed by atoms with Crippen molar-refractivity contribution < 1.29 is 19.0 Å². The van der Waals surface area contributed by atoms with Crippen molar-refractivity contribution in [2.75, 3.05) is 20.3 Å². The van der Waals surface area contributed by atoms with E-state index in [4.69, 9.17) is 30.8 Å². The van der Waals surface area contributed by atoms with Crippen LogP contribution in [0.1, 0.15) is 50.8 Å². The Balaban J connectivity index is 2.00. The smallest absolute Gasteiger partial charge is 0.338 e. The number of methoxy groups -OCH3 is 1. The SMILES string of the molecule is CCCC1=C(C(=O)OCC)[C@H](c2cc(Cl)ccc2OC)n2c(s/c(=C/c3ccc(OCC)c(Br)c3)c2=O)=N1. The van der Waals surface area contributed by atoms with E-state index >= 15 is 0 Å². The Hall–Kier alpha value is -2.88. The number of carbonyl (C=O) groups excluding carboxylic acids is 1. The van der Waals surface area contributed by atoms with Crippen LogP contribution < -0.4 is 24.4 Å². The number of hydrogen-bond donors (Lipinski definition) is 0. The van der Waals surface area contributed by atoms with Crippen molar-refractivity contribution in [3.8, 4) is 11.5 Å². The molecule has 0 radical (unpaired) electrons. The zero-order chi connectivity index (χ0) is 27.4. The molecule has 2 heterocycles. The van der Waals surface area contributed by atoms with E-state index in [0.29, 0.717) is 50.0 Å². The summed E-state index contributed by atoms with van der Waals surface area (Å²) in [6.07, 6.45) is 3.12. The van der Waals surface area contributed by atoms with Gasteiger partial charge >= 0.3 is 5.97 Å². The van der Waals surface area contributed by atoms with Crippen LogP contribution in [0.25, 0.3) is 6.08 Å². The van der Waals surface area contributed by atoms with E-state index in [2.05, 4.69) is 15.9 Å². The Kier molecular flexibility index (Phi) is 9.12. The van der Waals surface area contributed by atoms with E-state index in [1.54, 1.807) is 36.8 Å². The van der Waals surface area contributed by atoms with Crippen LogP contribution >= 0.6 is 38.9 Å². The number of carbonyl (C=O) groups is 1. The van der Waals surface area contributed by atoms with Crippen molar-refractivity contribution in [3.63, 3.8) is 0 Å². The van der Waals surface area contributed by atoms with Crippen LogP contribution in [0.3, 0.4) is 0 Å². The number of esters is 1. The topological polar surface area (TPSA) is 79.1 Å². The summed E-state index contributed by atoms with van der Waals surface area (Å²) >= 11 is 11.2. The first kappa shape index (κ1) is 28.1. The molecule has 0 unspecified atom stereocenters. The van der Waals surface area contributed by atoms with Gasteiger partial charge in [0.25, 0.3) is 5.56 Å². The predicted octanol–water partition coefficient (Wildman–Crippen LogP) is 5.40. The summed E-state index contributed by atoms with van der Waals surface area (Å²) in [4.78, 5) is 32.6. The summed E-state index contributed by atoms with van der Waals surface area (Å²) in [7, 11) is 1.54. The van der Waals surface area contributed by atoms with Gasteiger partial charge in [0.05, 0.1) is 40.6 Å². The molecule has 0 fully saturated rings. The molecule has 0 spiro atoms. The maximum atomic E-state index is 13.9. The molecule has 1 atom stereocenters. The standard InChI is InChI=1S/C28H28BrClN2O5S/c1-5-8-20-24(27(34)37-7-3)25(18-15-17(30)10-12-21(18)35-4)32-26(33)23(38-28(32)31-20)14-16-9-11-22(36-6-2)19(29)13-16/h9-15,25H,5-8H2,1-4H3/b23-14+/t25-/m0/s1. The van der Waals surface area contributed by atoms with E-state index in [0.717, 1.165) is 22.2 Å². The van der Waals surface area contributed by atoms with Crippen LogP contribution in [0.4, 0.5) is 0 Å². The summed E-state index contributed by atoms with van der Waals surface area (Å²) in [6, 6.07) is 9.99. The molecular formula is C28H28BrClN2O5S. The fourth-order valence-corrected chi connectivity index (χ4v) is 6.08. The third-order valence-corrected chi connectivity index (χ3v) is 7.77. The molecule has 0 saturated carbocycles. The molecule has 1 aliphatic heterocycles. The second-order valence-electron chi connectivity index (χ2n) is 8.42. The van der Waals surface area contributed by atoms with E-state index in [-0.39, 0.29) is 12.2 Å². The molecule has 1 aromatic heterocycles. The largest absolute Gasteiger partial charge is 0.496 e. The van der Waals surface area contributed by atoms with Crippen molar-refractivity contribution in [1.82, 2.24) is 4.57 Å². The predicted molar refractivity (Wildman–Crippen MR) is 153 cm³/mol. The highest BCUT2D eigenvalue weighted by molar-refractivity contribution is 9.10. The Morgan fingerprint density at radius 1 is 1.16 bits per heavy atom. The fourth-order valence-electron chi connectivity index (χ4n) is 4.36. The second kappa shape index (κ2) is 12.3. The van der Waals surface area contributed by atoms with Gasteiger partial charge in [-0.3, -0.25) is 9.36 Å². The number of hydrogen-bond acceptors (Lipinski definition) is 7. The minimum atomic E-state index is -0.810. The lowest BCUT2D eigenvalue weighted by molar-refractivity contribution is -0.139. The van der Waals surface area contributed by atoms with Gasteiger partial charge in [0.1, 0.15) is 17.5 Å². The van der Waals surface area contributed by atoms with Crippen LogP contribution in [0.5, 0.6) is 11.5 Å². The number of nitrogens with zero attached hydrogens (tertiary/aromatic N) is 2. The zero-order valence-electron chi connectivity index (χ0n) is 21.5. The molecule has 2 aromatic carbocycles. The van der Waals surface area contributed by atoms with E-state index in [9.17, 15) is 9.59 Å². The Bertz CT molecular complexity index is 1580. The number of fused-ring (bicyclic) bond motifs is 1. The quantitative estimate of drug-likeness (QED) is 0.300. The summed E-state index contributed by atoms with van der Waals surface area (Å²) in [5.74, 6) is 0.711. The molecule has 38 heavy (non-hydrogen) atoms. The number of halogens is 2. The van der Waals surface area contributed by atoms with Crippen LogP contribution in [0.2, 0.25) is 5.02 Å². The summed E-state index contributed by atoms with van der Waals surface area (Å²) in [5.41, 5.74) is 2.04. The zero-order valence-corrected chi connectivity index (χ0v) is 24.7. The first-order valence-corrected chi connectivity index (χ1v) is 14.3. The molecule has 0 aliphatic carbocycles. The van der Waals surface area contributed by atoms with Crippen LogP contribution in [-0.2, 0) is 9.53 Å². The highest BCUT2D eigenvalue weighted by Gasteiger charge is 2.36. The maximum Gasteiger partial charge on any atom is 0.338 e. The van der Waals surface area contributed by atoms with Crippen molar-refractivity contribution in [3.05, 3.63) is 88.0 Å². The van der Waals surface area contributed by atoms with Crippen LogP contribution in [-0.4, -0.2) is 30.9 Å². The number of benzene rings is 2. The molecular weight excluding hydrogens is 592 g/mol. The van der Waals surface area contributed by atoms with Crippen molar-refractivity contribution in [2.24, 2.45) is 4.99 Å². The summed E-state index contributed by atoms with van der Waals surface area (Å²) in [6.45, 7) is 6.42. The Morgan fingerprint density at radius 3 is 2.58 bits per heavy atom. The third kappa shape index (κ3) is 5.60. The highest BCUT2D eigenvalue weighted by Crippen LogP contribution is 2.38. The van der Waals surface area contributed by atoms with Gasteiger partial charge in [-0.2, -0.15) is 0 Å². The number of allylic oxidation sites excluding steroid dienone is 1. The number of rotatable bonds is 9. The highest BCUT2D eigenvalue weighted by atomic mass is 79.9. The number of thiazole rings is 1. The molecule has 200 valence electrons. The van der Waals surface area contributed by atoms with Crippen molar-refractivity contribution in [1.29, 1.82) is 0 Å². The molecule has 3 aromatic rings. The van der Waals surface area contributed by atoms with E-state index in [1.807, 2.05) is 38.1 Å². The molecule has 0 bridgehead atoms. The first-order chi connectivity index (χ1) is 18.3. The van der Waals surface area contributed by atoms with Crippen LogP contribution in [0, 0.1) is 0 Å². The molecule has 1 aliphatic rings. The first-order valence-electron chi connectivity index (χ1n) is 12.3. The molecule has 4 rings (SSSR count). The van der Waals surface area contributed by atoms with Crippen molar-refractivity contribution in [2.45, 2.75) is 39.7 Å². The number of aromatic nitrogens is 1. The Morgan fingerprint density at radius 2 is 1.92 bits per heavy atom. The molecule has 0 saturated heterocycles. The Labute approximate surface area is 238 Å². The summed E-state index contributed by atoms with van der Waals surface area (Å²) in [5, 5.41) is 0.458. The monoisotopic (exact) mass is 618 g/mol. The lowest BCUT2D eigenvalue weighted by Gasteiger charge is -2.27. The van der Waals surface area contributed by atoms with E-state index in [1.165, 1.54) is 11.3 Å². The lowest BCUT2D eigenvalue weighted by Crippen LogP contribution is -2.40. The van der Waals surface area contributed by atoms with Gasteiger partial charge in [0, 0.05) is 10.6 Å². The minimum absolute atomic E-state index is 0.193. The minimum Gasteiger partial charge on any atom is -0.496 e. The van der Waals surface area contributed by atoms with Gasteiger partial charge in [-0.25, -0.2) is 9.79 Å². The second-order valence-corrected chi connectivity index (χ2v) is 10.7. The fraction of sp³-hybridized carbons (Fsp3) is 0.321. The van der Waals surface area contributed by atoms with E-state index < -0.39 is 12.0 Å². The average Bonchev–Trinajstić information content (AvgIpc) is 3.19.